The fourth-order valence-corrected chi connectivity index (χ4v) is 1.86. The average Bonchev–Trinajstić information content (AvgIpc) is 2.42. The molecule has 1 amide bonds. The molecule has 0 unspecified atom stereocenters. The van der Waals surface area contributed by atoms with Crippen LogP contribution in [0.5, 0.6) is 0 Å². The van der Waals surface area contributed by atoms with Crippen LogP contribution in [0.3, 0.4) is 0 Å². The summed E-state index contributed by atoms with van der Waals surface area (Å²) in [6.45, 7) is 1.64. The Kier molecular flexibility index (Phi) is 4.03. The van der Waals surface area contributed by atoms with Crippen LogP contribution in [0.1, 0.15) is 15.9 Å². The van der Waals surface area contributed by atoms with Crippen molar-refractivity contribution in [2.45, 2.75) is 6.92 Å². The summed E-state index contributed by atoms with van der Waals surface area (Å²) in [7, 11) is 3.88. The highest BCUT2D eigenvalue weighted by Crippen LogP contribution is 2.18. The summed E-state index contributed by atoms with van der Waals surface area (Å²) in [5, 5.41) is 2.69. The highest BCUT2D eigenvalue weighted by molar-refractivity contribution is 6.04. The molecule has 0 fully saturated rings. The van der Waals surface area contributed by atoms with E-state index in [0.717, 1.165) is 5.69 Å². The standard InChI is InChI=1S/C16H17FN2O/c1-11-5-4-6-14(15(11)17)16(20)18-12-7-9-13(10-8-12)19(2)3/h4-10H,1-3H3,(H,18,20). The monoisotopic (exact) mass is 272 g/mol. The maximum absolute atomic E-state index is 13.9. The van der Waals surface area contributed by atoms with E-state index in [9.17, 15) is 9.18 Å². The number of nitrogens with zero attached hydrogens (tertiary/aromatic N) is 1. The van der Waals surface area contributed by atoms with Crippen molar-refractivity contribution in [1.82, 2.24) is 0 Å². The van der Waals surface area contributed by atoms with E-state index >= 15 is 0 Å². The zero-order valence-corrected chi connectivity index (χ0v) is 11.8. The summed E-state index contributed by atoms with van der Waals surface area (Å²) in [6, 6.07) is 12.2. The van der Waals surface area contributed by atoms with Crippen molar-refractivity contribution >= 4 is 17.3 Å². The molecule has 0 atom stereocenters. The second-order valence-corrected chi connectivity index (χ2v) is 4.83. The van der Waals surface area contributed by atoms with Crippen molar-refractivity contribution in [3.8, 4) is 0 Å². The highest BCUT2D eigenvalue weighted by Gasteiger charge is 2.13. The Morgan fingerprint density at radius 1 is 1.10 bits per heavy atom. The second kappa shape index (κ2) is 5.74. The second-order valence-electron chi connectivity index (χ2n) is 4.83. The maximum Gasteiger partial charge on any atom is 0.258 e. The number of hydrogen-bond acceptors (Lipinski definition) is 2. The summed E-state index contributed by atoms with van der Waals surface area (Å²) >= 11 is 0. The van der Waals surface area contributed by atoms with Crippen molar-refractivity contribution < 1.29 is 9.18 Å². The van der Waals surface area contributed by atoms with Crippen LogP contribution < -0.4 is 10.2 Å². The van der Waals surface area contributed by atoms with Crippen LogP contribution in [-0.2, 0) is 0 Å². The zero-order chi connectivity index (χ0) is 14.7. The van der Waals surface area contributed by atoms with Crippen molar-refractivity contribution in [2.24, 2.45) is 0 Å². The number of nitrogens with one attached hydrogen (secondary N) is 1. The lowest BCUT2D eigenvalue weighted by atomic mass is 10.1. The van der Waals surface area contributed by atoms with Crippen molar-refractivity contribution in [2.75, 3.05) is 24.3 Å². The Bertz CT molecular complexity index is 621. The SMILES string of the molecule is Cc1cccc(C(=O)Nc2ccc(N(C)C)cc2)c1F. The number of carbonyl (C=O) groups is 1. The maximum atomic E-state index is 13.9. The molecule has 0 aliphatic heterocycles. The summed E-state index contributed by atoms with van der Waals surface area (Å²) in [6.07, 6.45) is 0. The molecular formula is C16H17FN2O. The molecule has 0 radical (unpaired) electrons. The Morgan fingerprint density at radius 3 is 2.35 bits per heavy atom. The predicted molar refractivity (Wildman–Crippen MR) is 79.9 cm³/mol. The molecule has 1 N–H and O–H groups in total. The number of carbonyl (C=O) groups excluding carboxylic acids is 1. The van der Waals surface area contributed by atoms with Crippen LogP contribution >= 0.6 is 0 Å². The van der Waals surface area contributed by atoms with Gasteiger partial charge in [-0.3, -0.25) is 4.79 Å². The van der Waals surface area contributed by atoms with Gasteiger partial charge in [0.15, 0.2) is 0 Å². The molecule has 4 heteroatoms. The minimum Gasteiger partial charge on any atom is -0.378 e. The molecule has 20 heavy (non-hydrogen) atoms. The number of amides is 1. The Morgan fingerprint density at radius 2 is 1.75 bits per heavy atom. The zero-order valence-electron chi connectivity index (χ0n) is 11.8. The summed E-state index contributed by atoms with van der Waals surface area (Å²) in [4.78, 5) is 14.0. The smallest absolute Gasteiger partial charge is 0.258 e. The fraction of sp³-hybridized carbons (Fsp3) is 0.188. The molecule has 0 aliphatic rings. The van der Waals surface area contributed by atoms with Gasteiger partial charge in [-0.2, -0.15) is 0 Å². The van der Waals surface area contributed by atoms with Crippen molar-refractivity contribution in [3.63, 3.8) is 0 Å². The average molecular weight is 272 g/mol. The van der Waals surface area contributed by atoms with E-state index in [-0.39, 0.29) is 5.56 Å². The largest absolute Gasteiger partial charge is 0.378 e. The number of hydrogen-bond donors (Lipinski definition) is 1. The van der Waals surface area contributed by atoms with Gasteiger partial charge in [0.05, 0.1) is 5.56 Å². The minimum atomic E-state index is -0.477. The molecule has 2 aromatic rings. The third-order valence-corrected chi connectivity index (χ3v) is 3.08. The van der Waals surface area contributed by atoms with Crippen LogP contribution in [0.15, 0.2) is 42.5 Å². The lowest BCUT2D eigenvalue weighted by Gasteiger charge is -2.13. The third kappa shape index (κ3) is 2.96. The first-order valence-electron chi connectivity index (χ1n) is 6.33. The van der Waals surface area contributed by atoms with Gasteiger partial charge in [-0.25, -0.2) is 4.39 Å². The van der Waals surface area contributed by atoms with Gasteiger partial charge < -0.3 is 10.2 Å². The first-order chi connectivity index (χ1) is 9.49. The van der Waals surface area contributed by atoms with Gasteiger partial charge >= 0.3 is 0 Å². The lowest BCUT2D eigenvalue weighted by molar-refractivity contribution is 0.102. The van der Waals surface area contributed by atoms with Crippen LogP contribution in [0.25, 0.3) is 0 Å². The summed E-state index contributed by atoms with van der Waals surface area (Å²) in [5.41, 5.74) is 2.19. The van der Waals surface area contributed by atoms with E-state index in [0.29, 0.717) is 11.3 Å². The summed E-state index contributed by atoms with van der Waals surface area (Å²) in [5.74, 6) is -0.918. The van der Waals surface area contributed by atoms with Gasteiger partial charge in [0.1, 0.15) is 5.82 Å². The molecule has 2 rings (SSSR count). The first-order valence-corrected chi connectivity index (χ1v) is 6.33. The number of halogens is 1. The quantitative estimate of drug-likeness (QED) is 0.928. The molecule has 0 saturated carbocycles. The van der Waals surface area contributed by atoms with Gasteiger partial charge in [0, 0.05) is 25.5 Å². The number of benzene rings is 2. The topological polar surface area (TPSA) is 32.3 Å². The van der Waals surface area contributed by atoms with E-state index < -0.39 is 11.7 Å². The summed E-state index contributed by atoms with van der Waals surface area (Å²) < 4.78 is 13.9. The van der Waals surface area contributed by atoms with Gasteiger partial charge in [-0.1, -0.05) is 12.1 Å². The number of aryl methyl sites for hydroxylation is 1. The van der Waals surface area contributed by atoms with Crippen molar-refractivity contribution in [3.05, 3.63) is 59.4 Å². The Balaban J connectivity index is 2.17. The van der Waals surface area contributed by atoms with Gasteiger partial charge in [0.25, 0.3) is 5.91 Å². The van der Waals surface area contributed by atoms with E-state index in [4.69, 9.17) is 0 Å². The van der Waals surface area contributed by atoms with Crippen molar-refractivity contribution in [1.29, 1.82) is 0 Å². The predicted octanol–water partition coefficient (Wildman–Crippen LogP) is 3.45. The number of anilines is 2. The van der Waals surface area contributed by atoms with E-state index in [1.54, 1.807) is 31.2 Å². The van der Waals surface area contributed by atoms with Crippen LogP contribution in [0, 0.1) is 12.7 Å². The lowest BCUT2D eigenvalue weighted by Crippen LogP contribution is -2.14. The molecule has 104 valence electrons. The van der Waals surface area contributed by atoms with E-state index in [2.05, 4.69) is 5.32 Å². The Labute approximate surface area is 118 Å². The molecule has 0 aliphatic carbocycles. The van der Waals surface area contributed by atoms with Gasteiger partial charge in [-0.15, -0.1) is 0 Å². The molecule has 0 heterocycles. The molecule has 2 aromatic carbocycles. The van der Waals surface area contributed by atoms with E-state index in [1.165, 1.54) is 6.07 Å². The first kappa shape index (κ1) is 14.1. The number of rotatable bonds is 3. The van der Waals surface area contributed by atoms with Gasteiger partial charge in [0.2, 0.25) is 0 Å². The normalized spacial score (nSPS) is 10.2. The molecule has 0 spiro atoms. The molecule has 0 bridgehead atoms. The fourth-order valence-electron chi connectivity index (χ4n) is 1.86. The van der Waals surface area contributed by atoms with Crippen LogP contribution in [-0.4, -0.2) is 20.0 Å². The highest BCUT2D eigenvalue weighted by atomic mass is 19.1. The minimum absolute atomic E-state index is 0.0571. The molecule has 0 saturated heterocycles. The third-order valence-electron chi connectivity index (χ3n) is 3.08. The molecule has 3 nitrogen and oxygen atoms in total. The van der Waals surface area contributed by atoms with Crippen LogP contribution in [0.4, 0.5) is 15.8 Å². The van der Waals surface area contributed by atoms with Gasteiger partial charge in [-0.05, 0) is 42.8 Å². The van der Waals surface area contributed by atoms with Crippen LogP contribution in [0.2, 0.25) is 0 Å². The Hall–Kier alpha value is -2.36. The molecular weight excluding hydrogens is 255 g/mol. The molecule has 0 aromatic heterocycles. The van der Waals surface area contributed by atoms with E-state index in [1.807, 2.05) is 31.1 Å².